The van der Waals surface area contributed by atoms with E-state index in [0.717, 1.165) is 12.1 Å². The van der Waals surface area contributed by atoms with E-state index in [4.69, 9.17) is 16.0 Å². The van der Waals surface area contributed by atoms with Gasteiger partial charge in [-0.25, -0.2) is 8.78 Å². The molecule has 0 saturated carbocycles. The van der Waals surface area contributed by atoms with E-state index in [0.29, 0.717) is 0 Å². The zero-order valence-corrected chi connectivity index (χ0v) is 9.30. The molecule has 0 saturated heterocycles. The first-order valence-electron chi connectivity index (χ1n) is 4.79. The molecule has 0 atom stereocenters. The summed E-state index contributed by atoms with van der Waals surface area (Å²) in [7, 11) is 0. The van der Waals surface area contributed by atoms with Crippen LogP contribution in [-0.4, -0.2) is 5.78 Å². The maximum absolute atomic E-state index is 13.3. The van der Waals surface area contributed by atoms with Crippen LogP contribution in [0.25, 0.3) is 0 Å². The van der Waals surface area contributed by atoms with Crippen LogP contribution < -0.4 is 0 Å². The summed E-state index contributed by atoms with van der Waals surface area (Å²) in [5.74, 6) is -2.05. The highest BCUT2D eigenvalue weighted by molar-refractivity contribution is 6.29. The van der Waals surface area contributed by atoms with Gasteiger partial charge in [0.1, 0.15) is 11.6 Å². The molecule has 0 aliphatic carbocycles. The summed E-state index contributed by atoms with van der Waals surface area (Å²) >= 11 is 5.50. The summed E-state index contributed by atoms with van der Waals surface area (Å²) < 4.78 is 31.4. The van der Waals surface area contributed by atoms with Gasteiger partial charge in [-0.15, -0.1) is 0 Å². The average Bonchev–Trinajstić information content (AvgIpc) is 2.70. The van der Waals surface area contributed by atoms with Crippen LogP contribution in [0.2, 0.25) is 5.22 Å². The zero-order chi connectivity index (χ0) is 12.4. The first kappa shape index (κ1) is 11.8. The molecule has 2 aromatic rings. The Morgan fingerprint density at radius 3 is 2.35 bits per heavy atom. The third kappa shape index (κ3) is 2.53. The highest BCUT2D eigenvalue weighted by Gasteiger charge is 2.16. The predicted molar refractivity (Wildman–Crippen MR) is 58.1 cm³/mol. The van der Waals surface area contributed by atoms with Crippen LogP contribution in [0.4, 0.5) is 8.78 Å². The third-order valence-corrected chi connectivity index (χ3v) is 2.45. The van der Waals surface area contributed by atoms with Gasteiger partial charge in [0.25, 0.3) is 0 Å². The lowest BCUT2D eigenvalue weighted by Gasteiger charge is -2.02. The molecule has 17 heavy (non-hydrogen) atoms. The molecule has 0 N–H and O–H groups in total. The number of ketones is 1. The summed E-state index contributed by atoms with van der Waals surface area (Å²) in [4.78, 5) is 11.6. The fourth-order valence-electron chi connectivity index (χ4n) is 1.41. The van der Waals surface area contributed by atoms with Crippen molar-refractivity contribution in [2.45, 2.75) is 6.42 Å². The number of halogens is 3. The number of hydrogen-bond acceptors (Lipinski definition) is 2. The minimum atomic E-state index is -0.754. The maximum Gasteiger partial charge on any atom is 0.202 e. The van der Waals surface area contributed by atoms with Crippen LogP contribution >= 0.6 is 11.6 Å². The molecule has 0 aliphatic heterocycles. The van der Waals surface area contributed by atoms with Crippen molar-refractivity contribution in [3.8, 4) is 0 Å². The first-order chi connectivity index (χ1) is 8.08. The average molecular weight is 257 g/mol. The highest BCUT2D eigenvalue weighted by Crippen LogP contribution is 2.18. The Labute approximate surface area is 101 Å². The van der Waals surface area contributed by atoms with Crippen molar-refractivity contribution >= 4 is 17.4 Å². The SMILES string of the molecule is O=C(Cc1c(F)cccc1F)c1ccc(Cl)o1. The monoisotopic (exact) mass is 256 g/mol. The third-order valence-electron chi connectivity index (χ3n) is 2.25. The van der Waals surface area contributed by atoms with Gasteiger partial charge in [0.2, 0.25) is 5.78 Å². The van der Waals surface area contributed by atoms with Gasteiger partial charge in [0, 0.05) is 12.0 Å². The van der Waals surface area contributed by atoms with Crippen LogP contribution in [-0.2, 0) is 6.42 Å². The lowest BCUT2D eigenvalue weighted by atomic mass is 10.1. The summed E-state index contributed by atoms with van der Waals surface area (Å²) in [6.45, 7) is 0. The smallest absolute Gasteiger partial charge is 0.202 e. The zero-order valence-electron chi connectivity index (χ0n) is 8.54. The van der Waals surface area contributed by atoms with E-state index >= 15 is 0 Å². The van der Waals surface area contributed by atoms with E-state index in [9.17, 15) is 13.6 Å². The van der Waals surface area contributed by atoms with Crippen LogP contribution in [0.1, 0.15) is 16.1 Å². The molecule has 0 unspecified atom stereocenters. The molecule has 1 aromatic heterocycles. The number of furan rings is 1. The van der Waals surface area contributed by atoms with Gasteiger partial charge in [0.05, 0.1) is 0 Å². The fourth-order valence-corrected chi connectivity index (χ4v) is 1.56. The Morgan fingerprint density at radius 1 is 1.18 bits per heavy atom. The Kier molecular flexibility index (Phi) is 3.24. The van der Waals surface area contributed by atoms with Crippen molar-refractivity contribution < 1.29 is 18.0 Å². The topological polar surface area (TPSA) is 30.2 Å². The van der Waals surface area contributed by atoms with Crippen LogP contribution in [0.15, 0.2) is 34.7 Å². The van der Waals surface area contributed by atoms with E-state index in [2.05, 4.69) is 0 Å². The quantitative estimate of drug-likeness (QED) is 0.785. The summed E-state index contributed by atoms with van der Waals surface area (Å²) in [6.07, 6.45) is -0.400. The second-order valence-electron chi connectivity index (χ2n) is 3.40. The van der Waals surface area contributed by atoms with E-state index < -0.39 is 23.8 Å². The van der Waals surface area contributed by atoms with Gasteiger partial charge in [-0.3, -0.25) is 4.79 Å². The fraction of sp³-hybridized carbons (Fsp3) is 0.0833. The largest absolute Gasteiger partial charge is 0.442 e. The van der Waals surface area contributed by atoms with Gasteiger partial charge in [-0.1, -0.05) is 6.07 Å². The molecule has 0 bridgehead atoms. The van der Waals surface area contributed by atoms with Crippen LogP contribution in [0, 0.1) is 11.6 Å². The Hall–Kier alpha value is -1.68. The molecular formula is C12H7ClF2O2. The Morgan fingerprint density at radius 2 is 1.82 bits per heavy atom. The van der Waals surface area contributed by atoms with Gasteiger partial charge >= 0.3 is 0 Å². The number of Topliss-reactive ketones (excluding diaryl/α,β-unsaturated/α-hetero) is 1. The van der Waals surface area contributed by atoms with E-state index in [1.165, 1.54) is 18.2 Å². The Bertz CT molecular complexity index is 543. The standard InChI is InChI=1S/C12H7ClF2O2/c13-12-5-4-11(17-12)10(16)6-7-8(14)2-1-3-9(7)15/h1-5H,6H2. The molecular weight excluding hydrogens is 250 g/mol. The highest BCUT2D eigenvalue weighted by atomic mass is 35.5. The molecule has 0 amide bonds. The summed E-state index contributed by atoms with van der Waals surface area (Å²) in [6, 6.07) is 6.19. The van der Waals surface area contributed by atoms with Crippen molar-refractivity contribution in [2.24, 2.45) is 0 Å². The second-order valence-corrected chi connectivity index (χ2v) is 3.78. The molecule has 1 heterocycles. The number of benzene rings is 1. The van der Waals surface area contributed by atoms with Crippen molar-refractivity contribution in [3.63, 3.8) is 0 Å². The second kappa shape index (κ2) is 4.67. The number of hydrogen-bond donors (Lipinski definition) is 0. The summed E-state index contributed by atoms with van der Waals surface area (Å²) in [5, 5.41) is 0.0577. The van der Waals surface area contributed by atoms with Crippen molar-refractivity contribution in [1.82, 2.24) is 0 Å². The van der Waals surface area contributed by atoms with Gasteiger partial charge < -0.3 is 4.42 Å². The molecule has 0 radical (unpaired) electrons. The Balaban J connectivity index is 2.24. The molecule has 5 heteroatoms. The van der Waals surface area contributed by atoms with Crippen molar-refractivity contribution in [2.75, 3.05) is 0 Å². The van der Waals surface area contributed by atoms with Crippen LogP contribution in [0.3, 0.4) is 0 Å². The summed E-state index contributed by atoms with van der Waals surface area (Å²) in [5.41, 5.74) is -0.273. The van der Waals surface area contributed by atoms with Gasteiger partial charge in [-0.05, 0) is 35.9 Å². The number of carbonyl (C=O) groups is 1. The minimum absolute atomic E-state index is 0.0161. The van der Waals surface area contributed by atoms with E-state index in [1.807, 2.05) is 0 Å². The maximum atomic E-state index is 13.3. The number of rotatable bonds is 3. The van der Waals surface area contributed by atoms with Crippen molar-refractivity contribution in [1.29, 1.82) is 0 Å². The molecule has 0 aliphatic rings. The molecule has 0 fully saturated rings. The molecule has 88 valence electrons. The molecule has 1 aromatic carbocycles. The van der Waals surface area contributed by atoms with Crippen molar-refractivity contribution in [3.05, 3.63) is 58.5 Å². The lowest BCUT2D eigenvalue weighted by molar-refractivity contribution is 0.0964. The van der Waals surface area contributed by atoms with E-state index in [-0.39, 0.29) is 16.5 Å². The van der Waals surface area contributed by atoms with Gasteiger partial charge in [0.15, 0.2) is 11.0 Å². The molecule has 2 nitrogen and oxygen atoms in total. The van der Waals surface area contributed by atoms with Crippen LogP contribution in [0.5, 0.6) is 0 Å². The normalized spacial score (nSPS) is 10.5. The van der Waals surface area contributed by atoms with E-state index in [1.54, 1.807) is 0 Å². The molecule has 0 spiro atoms. The first-order valence-corrected chi connectivity index (χ1v) is 5.17. The lowest BCUT2D eigenvalue weighted by Crippen LogP contribution is -2.06. The van der Waals surface area contributed by atoms with Gasteiger partial charge in [-0.2, -0.15) is 0 Å². The minimum Gasteiger partial charge on any atom is -0.442 e. The number of carbonyl (C=O) groups excluding carboxylic acids is 1. The predicted octanol–water partition coefficient (Wildman–Crippen LogP) is 3.64. The molecule has 2 rings (SSSR count).